The number of aromatic nitrogens is 6. The first-order valence-electron chi connectivity index (χ1n) is 7.76. The highest BCUT2D eigenvalue weighted by atomic mass is 32.2. The lowest BCUT2D eigenvalue weighted by Gasteiger charge is -2.03. The number of tetrazole rings is 1. The molecule has 0 saturated heterocycles. The minimum Gasteiger partial charge on any atom is -0.334 e. The zero-order valence-electron chi connectivity index (χ0n) is 13.7. The Morgan fingerprint density at radius 1 is 1.15 bits per heavy atom. The standard InChI is InChI=1S/C17H13FN6OS/c1-11-3-2-4-14(9-11)24-17(20-22-23-24)26-10-15-19-16(25-21-15)12-5-7-13(18)8-6-12/h2-9H,10H2,1H3. The molecule has 0 aliphatic heterocycles. The van der Waals surface area contributed by atoms with Gasteiger partial charge in [0, 0.05) is 5.56 Å². The highest BCUT2D eigenvalue weighted by Crippen LogP contribution is 2.23. The van der Waals surface area contributed by atoms with Gasteiger partial charge in [0.2, 0.25) is 5.16 Å². The summed E-state index contributed by atoms with van der Waals surface area (Å²) in [5.41, 5.74) is 2.67. The van der Waals surface area contributed by atoms with Gasteiger partial charge in [0.05, 0.1) is 11.4 Å². The summed E-state index contributed by atoms with van der Waals surface area (Å²) in [5.74, 6) is 0.982. The molecular weight excluding hydrogens is 355 g/mol. The Labute approximate surface area is 152 Å². The highest BCUT2D eigenvalue weighted by Gasteiger charge is 2.13. The van der Waals surface area contributed by atoms with E-state index in [1.165, 1.54) is 23.9 Å². The lowest BCUT2D eigenvalue weighted by molar-refractivity contribution is 0.425. The first kappa shape index (κ1) is 16.4. The third-order valence-corrected chi connectivity index (χ3v) is 4.49. The van der Waals surface area contributed by atoms with Gasteiger partial charge in [-0.25, -0.2) is 4.39 Å². The lowest BCUT2D eigenvalue weighted by Crippen LogP contribution is -1.99. The van der Waals surface area contributed by atoms with Crippen molar-refractivity contribution in [3.63, 3.8) is 0 Å². The largest absolute Gasteiger partial charge is 0.334 e. The van der Waals surface area contributed by atoms with Crippen LogP contribution in [0.1, 0.15) is 11.4 Å². The van der Waals surface area contributed by atoms with Crippen LogP contribution in [0.2, 0.25) is 0 Å². The Kier molecular flexibility index (Phi) is 4.44. The molecular formula is C17H13FN6OS. The second kappa shape index (κ2) is 7.04. The minimum absolute atomic E-state index is 0.313. The number of thioether (sulfide) groups is 1. The van der Waals surface area contributed by atoms with Gasteiger partial charge < -0.3 is 4.52 Å². The molecule has 2 aromatic carbocycles. The van der Waals surface area contributed by atoms with Crippen LogP contribution >= 0.6 is 11.8 Å². The zero-order valence-corrected chi connectivity index (χ0v) is 14.5. The van der Waals surface area contributed by atoms with E-state index in [4.69, 9.17) is 4.52 Å². The molecule has 0 spiro atoms. The Balaban J connectivity index is 1.49. The maximum absolute atomic E-state index is 13.0. The Hall–Kier alpha value is -3.07. The number of halogens is 1. The van der Waals surface area contributed by atoms with Crippen LogP contribution in [0.4, 0.5) is 4.39 Å². The molecule has 2 heterocycles. The number of benzene rings is 2. The van der Waals surface area contributed by atoms with E-state index in [2.05, 4.69) is 25.7 Å². The first-order valence-corrected chi connectivity index (χ1v) is 8.74. The summed E-state index contributed by atoms with van der Waals surface area (Å²) in [4.78, 5) is 4.33. The second-order valence-electron chi connectivity index (χ2n) is 5.52. The molecule has 9 heteroatoms. The van der Waals surface area contributed by atoms with Crippen molar-refractivity contribution in [3.05, 3.63) is 65.7 Å². The van der Waals surface area contributed by atoms with Crippen LogP contribution in [0, 0.1) is 12.7 Å². The Bertz CT molecular complexity index is 1030. The number of rotatable bonds is 5. The summed E-state index contributed by atoms with van der Waals surface area (Å²) in [6.07, 6.45) is 0. The van der Waals surface area contributed by atoms with Gasteiger partial charge in [-0.1, -0.05) is 29.1 Å². The van der Waals surface area contributed by atoms with E-state index >= 15 is 0 Å². The highest BCUT2D eigenvalue weighted by molar-refractivity contribution is 7.98. The summed E-state index contributed by atoms with van der Waals surface area (Å²) < 4.78 is 19.9. The monoisotopic (exact) mass is 368 g/mol. The summed E-state index contributed by atoms with van der Waals surface area (Å²) in [7, 11) is 0. The maximum Gasteiger partial charge on any atom is 0.257 e. The number of nitrogens with zero attached hydrogens (tertiary/aromatic N) is 6. The third-order valence-electron chi connectivity index (χ3n) is 3.58. The average Bonchev–Trinajstić information content (AvgIpc) is 3.30. The van der Waals surface area contributed by atoms with E-state index in [0.717, 1.165) is 11.3 Å². The van der Waals surface area contributed by atoms with Crippen molar-refractivity contribution in [3.8, 4) is 17.1 Å². The van der Waals surface area contributed by atoms with Gasteiger partial charge in [-0.05, 0) is 59.3 Å². The Morgan fingerprint density at radius 2 is 2.00 bits per heavy atom. The maximum atomic E-state index is 13.0. The summed E-state index contributed by atoms with van der Waals surface area (Å²) in [6, 6.07) is 13.8. The van der Waals surface area contributed by atoms with Crippen molar-refractivity contribution in [1.82, 2.24) is 30.3 Å². The molecule has 0 amide bonds. The van der Waals surface area contributed by atoms with E-state index in [1.54, 1.807) is 16.8 Å². The van der Waals surface area contributed by atoms with E-state index < -0.39 is 0 Å². The first-order chi connectivity index (χ1) is 12.7. The van der Waals surface area contributed by atoms with Crippen LogP contribution in [0.25, 0.3) is 17.1 Å². The molecule has 4 rings (SSSR count). The van der Waals surface area contributed by atoms with Crippen molar-refractivity contribution in [2.45, 2.75) is 17.8 Å². The summed E-state index contributed by atoms with van der Waals surface area (Å²) in [6.45, 7) is 2.01. The third kappa shape index (κ3) is 3.47. The average molecular weight is 368 g/mol. The molecule has 0 bridgehead atoms. The molecule has 0 N–H and O–H groups in total. The molecule has 0 unspecified atom stereocenters. The SMILES string of the molecule is Cc1cccc(-n2nnnc2SCc2noc(-c3ccc(F)cc3)n2)c1. The van der Waals surface area contributed by atoms with E-state index in [-0.39, 0.29) is 5.82 Å². The van der Waals surface area contributed by atoms with Crippen LogP contribution in [-0.4, -0.2) is 30.3 Å². The molecule has 0 aliphatic rings. The van der Waals surface area contributed by atoms with Crippen molar-refractivity contribution >= 4 is 11.8 Å². The van der Waals surface area contributed by atoms with Crippen molar-refractivity contribution in [2.24, 2.45) is 0 Å². The van der Waals surface area contributed by atoms with E-state index in [9.17, 15) is 4.39 Å². The fourth-order valence-electron chi connectivity index (χ4n) is 2.34. The lowest BCUT2D eigenvalue weighted by atomic mass is 10.2. The Morgan fingerprint density at radius 3 is 2.81 bits per heavy atom. The fraction of sp³-hybridized carbons (Fsp3) is 0.118. The zero-order chi connectivity index (χ0) is 17.9. The molecule has 0 radical (unpaired) electrons. The van der Waals surface area contributed by atoms with Gasteiger partial charge in [0.25, 0.3) is 5.89 Å². The van der Waals surface area contributed by atoms with Gasteiger partial charge in [0.1, 0.15) is 5.82 Å². The molecule has 4 aromatic rings. The van der Waals surface area contributed by atoms with Gasteiger partial charge in [-0.3, -0.25) is 0 Å². The molecule has 2 aromatic heterocycles. The molecule has 26 heavy (non-hydrogen) atoms. The molecule has 0 fully saturated rings. The number of aryl methyl sites for hydroxylation is 1. The van der Waals surface area contributed by atoms with Crippen LogP contribution in [-0.2, 0) is 5.75 Å². The smallest absolute Gasteiger partial charge is 0.257 e. The predicted octanol–water partition coefficient (Wildman–Crippen LogP) is 3.45. The van der Waals surface area contributed by atoms with Crippen LogP contribution < -0.4 is 0 Å². The van der Waals surface area contributed by atoms with Crippen molar-refractivity contribution < 1.29 is 8.91 Å². The van der Waals surface area contributed by atoms with Crippen LogP contribution in [0.15, 0.2) is 58.2 Å². The number of hydrogen-bond donors (Lipinski definition) is 0. The second-order valence-corrected chi connectivity index (χ2v) is 6.47. The normalized spacial score (nSPS) is 11.0. The van der Waals surface area contributed by atoms with Gasteiger partial charge in [-0.2, -0.15) is 9.67 Å². The summed E-state index contributed by atoms with van der Waals surface area (Å²) >= 11 is 1.40. The van der Waals surface area contributed by atoms with Crippen LogP contribution in [0.5, 0.6) is 0 Å². The van der Waals surface area contributed by atoms with E-state index in [1.807, 2.05) is 31.2 Å². The minimum atomic E-state index is -0.313. The van der Waals surface area contributed by atoms with Gasteiger partial charge >= 0.3 is 0 Å². The van der Waals surface area contributed by atoms with Crippen LogP contribution in [0.3, 0.4) is 0 Å². The molecule has 130 valence electrons. The van der Waals surface area contributed by atoms with E-state index in [0.29, 0.717) is 28.2 Å². The number of hydrogen-bond acceptors (Lipinski definition) is 7. The van der Waals surface area contributed by atoms with Gasteiger partial charge in [-0.15, -0.1) is 5.10 Å². The molecule has 0 aliphatic carbocycles. The predicted molar refractivity (Wildman–Crippen MR) is 93.1 cm³/mol. The topological polar surface area (TPSA) is 82.5 Å². The van der Waals surface area contributed by atoms with Crippen molar-refractivity contribution in [1.29, 1.82) is 0 Å². The molecule has 7 nitrogen and oxygen atoms in total. The summed E-state index contributed by atoms with van der Waals surface area (Å²) in [5, 5.41) is 16.4. The quantitative estimate of drug-likeness (QED) is 0.499. The fourth-order valence-corrected chi connectivity index (χ4v) is 3.08. The molecule has 0 atom stereocenters. The van der Waals surface area contributed by atoms with Crippen molar-refractivity contribution in [2.75, 3.05) is 0 Å². The molecule has 0 saturated carbocycles. The van der Waals surface area contributed by atoms with Gasteiger partial charge in [0.15, 0.2) is 5.82 Å².